The second kappa shape index (κ2) is 8.48. The third-order valence-electron chi connectivity index (χ3n) is 3.92. The molecule has 2 N–H and O–H groups in total. The molecule has 1 amide bonds. The number of carbonyl (C=O) groups is 1. The van der Waals surface area contributed by atoms with Gasteiger partial charge in [0, 0.05) is 18.6 Å². The Labute approximate surface area is 111 Å². The number of carbonyl (C=O) groups excluding carboxylic acids is 1. The molecule has 0 radical (unpaired) electrons. The number of rotatable bonds is 8. The van der Waals surface area contributed by atoms with Crippen LogP contribution in [0.15, 0.2) is 0 Å². The fourth-order valence-corrected chi connectivity index (χ4v) is 2.67. The van der Waals surface area contributed by atoms with Gasteiger partial charge in [0.15, 0.2) is 0 Å². The van der Waals surface area contributed by atoms with E-state index in [0.29, 0.717) is 18.6 Å². The van der Waals surface area contributed by atoms with Crippen LogP contribution in [0.1, 0.15) is 46.5 Å². The summed E-state index contributed by atoms with van der Waals surface area (Å²) < 4.78 is 0. The zero-order valence-electron chi connectivity index (χ0n) is 12.2. The van der Waals surface area contributed by atoms with Crippen molar-refractivity contribution in [2.45, 2.75) is 58.5 Å². The highest BCUT2D eigenvalue weighted by Gasteiger charge is 2.22. The third-order valence-corrected chi connectivity index (χ3v) is 3.92. The summed E-state index contributed by atoms with van der Waals surface area (Å²) >= 11 is 0. The van der Waals surface area contributed by atoms with Crippen LogP contribution >= 0.6 is 0 Å². The summed E-state index contributed by atoms with van der Waals surface area (Å²) in [4.78, 5) is 14.2. The van der Waals surface area contributed by atoms with Crippen molar-refractivity contribution in [1.82, 2.24) is 15.5 Å². The van der Waals surface area contributed by atoms with E-state index in [9.17, 15) is 4.79 Å². The quantitative estimate of drug-likeness (QED) is 0.688. The molecule has 0 aliphatic carbocycles. The van der Waals surface area contributed by atoms with Gasteiger partial charge >= 0.3 is 0 Å². The first-order valence-corrected chi connectivity index (χ1v) is 7.45. The molecule has 1 rings (SSSR count). The second-order valence-electron chi connectivity index (χ2n) is 5.14. The van der Waals surface area contributed by atoms with Crippen molar-refractivity contribution in [3.8, 4) is 0 Å². The Morgan fingerprint density at radius 3 is 2.67 bits per heavy atom. The molecular formula is C14H29N3O. The van der Waals surface area contributed by atoms with E-state index >= 15 is 0 Å². The first-order chi connectivity index (χ1) is 8.71. The summed E-state index contributed by atoms with van der Waals surface area (Å²) in [6, 6.07) is 0.953. The van der Waals surface area contributed by atoms with E-state index in [1.54, 1.807) is 0 Å². The van der Waals surface area contributed by atoms with E-state index in [2.05, 4.69) is 36.3 Å². The van der Waals surface area contributed by atoms with Gasteiger partial charge in [0.05, 0.1) is 6.54 Å². The molecule has 106 valence electrons. The van der Waals surface area contributed by atoms with Crippen molar-refractivity contribution in [1.29, 1.82) is 0 Å². The number of hydrogen-bond donors (Lipinski definition) is 2. The molecule has 18 heavy (non-hydrogen) atoms. The molecule has 0 bridgehead atoms. The Bertz CT molecular complexity index is 241. The Balaban J connectivity index is 2.15. The lowest BCUT2D eigenvalue weighted by molar-refractivity contribution is -0.121. The van der Waals surface area contributed by atoms with E-state index in [0.717, 1.165) is 25.9 Å². The molecule has 4 nitrogen and oxygen atoms in total. The van der Waals surface area contributed by atoms with Crippen LogP contribution < -0.4 is 10.6 Å². The molecule has 1 unspecified atom stereocenters. The van der Waals surface area contributed by atoms with E-state index in [-0.39, 0.29) is 5.91 Å². The predicted molar refractivity (Wildman–Crippen MR) is 75.7 cm³/mol. The topological polar surface area (TPSA) is 44.4 Å². The maximum absolute atomic E-state index is 11.7. The highest BCUT2D eigenvalue weighted by molar-refractivity contribution is 5.78. The van der Waals surface area contributed by atoms with Gasteiger partial charge in [-0.05, 0) is 38.8 Å². The lowest BCUT2D eigenvalue weighted by Crippen LogP contribution is -2.44. The highest BCUT2D eigenvalue weighted by atomic mass is 16.1. The van der Waals surface area contributed by atoms with E-state index in [4.69, 9.17) is 0 Å². The highest BCUT2D eigenvalue weighted by Crippen LogP contribution is 2.15. The van der Waals surface area contributed by atoms with Gasteiger partial charge in [-0.1, -0.05) is 20.8 Å². The van der Waals surface area contributed by atoms with Crippen LogP contribution in [0.4, 0.5) is 0 Å². The van der Waals surface area contributed by atoms with Crippen LogP contribution in [0.5, 0.6) is 0 Å². The molecule has 1 aliphatic heterocycles. The minimum atomic E-state index is 0.129. The zero-order chi connectivity index (χ0) is 13.4. The van der Waals surface area contributed by atoms with Crippen LogP contribution in [0.2, 0.25) is 0 Å². The molecule has 1 aliphatic rings. The number of amides is 1. The predicted octanol–water partition coefficient (Wildman–Crippen LogP) is 1.37. The Morgan fingerprint density at radius 1 is 1.33 bits per heavy atom. The number of likely N-dealkylation sites (N-methyl/N-ethyl adjacent to an activating group) is 1. The molecule has 4 heteroatoms. The maximum atomic E-state index is 11.7. The molecule has 0 aromatic carbocycles. The van der Waals surface area contributed by atoms with Crippen molar-refractivity contribution >= 4 is 5.91 Å². The van der Waals surface area contributed by atoms with Gasteiger partial charge in [0.1, 0.15) is 0 Å². The molecule has 1 heterocycles. The van der Waals surface area contributed by atoms with Crippen molar-refractivity contribution in [3.05, 3.63) is 0 Å². The lowest BCUT2D eigenvalue weighted by Gasteiger charge is -2.23. The van der Waals surface area contributed by atoms with Crippen molar-refractivity contribution in [2.24, 2.45) is 0 Å². The van der Waals surface area contributed by atoms with Crippen LogP contribution in [0.25, 0.3) is 0 Å². The van der Waals surface area contributed by atoms with Gasteiger partial charge in [0.2, 0.25) is 5.91 Å². The van der Waals surface area contributed by atoms with Gasteiger partial charge in [0.25, 0.3) is 0 Å². The van der Waals surface area contributed by atoms with Crippen molar-refractivity contribution in [3.63, 3.8) is 0 Å². The molecule has 0 aromatic rings. The first kappa shape index (κ1) is 15.4. The van der Waals surface area contributed by atoms with Crippen LogP contribution in [-0.4, -0.2) is 49.1 Å². The maximum Gasteiger partial charge on any atom is 0.234 e. The van der Waals surface area contributed by atoms with Crippen LogP contribution in [0, 0.1) is 0 Å². The lowest BCUT2D eigenvalue weighted by atomic mass is 10.2. The minimum Gasteiger partial charge on any atom is -0.352 e. The largest absolute Gasteiger partial charge is 0.352 e. The van der Waals surface area contributed by atoms with Gasteiger partial charge in [-0.25, -0.2) is 0 Å². The Morgan fingerprint density at radius 2 is 2.06 bits per heavy atom. The summed E-state index contributed by atoms with van der Waals surface area (Å²) in [5.74, 6) is 0.129. The normalized spacial score (nSPS) is 20.6. The molecule has 0 saturated carbocycles. The zero-order valence-corrected chi connectivity index (χ0v) is 12.2. The standard InChI is InChI=1S/C14H29N3O/c1-4-12(5-2)16-14(18)11-15-10-13-8-7-9-17(13)6-3/h12-13,15H,4-11H2,1-3H3,(H,16,18). The first-order valence-electron chi connectivity index (χ1n) is 7.45. The molecule has 0 spiro atoms. The number of hydrogen-bond acceptors (Lipinski definition) is 3. The molecule has 1 fully saturated rings. The summed E-state index contributed by atoms with van der Waals surface area (Å²) in [6.45, 7) is 10.1. The van der Waals surface area contributed by atoms with Crippen molar-refractivity contribution in [2.75, 3.05) is 26.2 Å². The number of likely N-dealkylation sites (tertiary alicyclic amines) is 1. The fraction of sp³-hybridized carbons (Fsp3) is 0.929. The second-order valence-corrected chi connectivity index (χ2v) is 5.14. The van der Waals surface area contributed by atoms with Gasteiger partial charge in [-0.2, -0.15) is 0 Å². The Kier molecular flexibility index (Phi) is 7.28. The van der Waals surface area contributed by atoms with Gasteiger partial charge in [-0.3, -0.25) is 9.69 Å². The average molecular weight is 255 g/mol. The SMILES string of the molecule is CCC(CC)NC(=O)CNCC1CCCN1CC. The van der Waals surface area contributed by atoms with Gasteiger partial charge < -0.3 is 10.6 Å². The molecule has 0 aromatic heterocycles. The molecule has 1 atom stereocenters. The smallest absolute Gasteiger partial charge is 0.234 e. The molecule has 1 saturated heterocycles. The summed E-state index contributed by atoms with van der Waals surface area (Å²) in [5.41, 5.74) is 0. The van der Waals surface area contributed by atoms with Crippen LogP contribution in [-0.2, 0) is 4.79 Å². The van der Waals surface area contributed by atoms with Crippen LogP contribution in [0.3, 0.4) is 0 Å². The average Bonchev–Trinajstić information content (AvgIpc) is 2.83. The van der Waals surface area contributed by atoms with Gasteiger partial charge in [-0.15, -0.1) is 0 Å². The number of nitrogens with one attached hydrogen (secondary N) is 2. The van der Waals surface area contributed by atoms with E-state index in [1.807, 2.05) is 0 Å². The fourth-order valence-electron chi connectivity index (χ4n) is 2.67. The van der Waals surface area contributed by atoms with E-state index < -0.39 is 0 Å². The number of nitrogens with zero attached hydrogens (tertiary/aromatic N) is 1. The summed E-state index contributed by atoms with van der Waals surface area (Å²) in [6.07, 6.45) is 4.57. The molecular weight excluding hydrogens is 226 g/mol. The summed E-state index contributed by atoms with van der Waals surface area (Å²) in [5, 5.41) is 6.34. The summed E-state index contributed by atoms with van der Waals surface area (Å²) in [7, 11) is 0. The monoisotopic (exact) mass is 255 g/mol. The minimum absolute atomic E-state index is 0.129. The van der Waals surface area contributed by atoms with Crippen molar-refractivity contribution < 1.29 is 4.79 Å². The third kappa shape index (κ3) is 4.94. The van der Waals surface area contributed by atoms with E-state index in [1.165, 1.54) is 19.4 Å². The Hall–Kier alpha value is -0.610.